The molecule has 0 nitrogen and oxygen atoms in total. The first-order valence-corrected chi connectivity index (χ1v) is 6.35. The van der Waals surface area contributed by atoms with Crippen LogP contribution in [0.2, 0.25) is 0 Å². The fraction of sp³-hybridized carbons (Fsp3) is 0.294. The zero-order valence-corrected chi connectivity index (χ0v) is 11.4. The molecule has 0 radical (unpaired) electrons. The Morgan fingerprint density at radius 1 is 0.889 bits per heavy atom. The number of aryl methyl sites for hydroxylation is 2. The molecule has 0 atom stereocenters. The van der Waals surface area contributed by atoms with Crippen LogP contribution in [0.15, 0.2) is 36.4 Å². The van der Waals surface area contributed by atoms with Gasteiger partial charge in [0.15, 0.2) is 0 Å². The van der Waals surface area contributed by atoms with Crippen LogP contribution in [0.5, 0.6) is 0 Å². The molecule has 18 heavy (non-hydrogen) atoms. The summed E-state index contributed by atoms with van der Waals surface area (Å²) < 4.78 is 13.4. The van der Waals surface area contributed by atoms with E-state index < -0.39 is 0 Å². The number of benzene rings is 2. The van der Waals surface area contributed by atoms with Gasteiger partial charge in [-0.05, 0) is 59.7 Å². The maximum atomic E-state index is 13.4. The molecule has 2 aromatic rings. The van der Waals surface area contributed by atoms with Crippen molar-refractivity contribution in [2.75, 3.05) is 0 Å². The third kappa shape index (κ3) is 2.61. The highest BCUT2D eigenvalue weighted by Crippen LogP contribution is 2.27. The SMILES string of the molecule is Cc1cc(F)cc(-c2ccc(C(C)C)c(C)c2)c1. The first-order chi connectivity index (χ1) is 8.47. The molecular weight excluding hydrogens is 223 g/mol. The van der Waals surface area contributed by atoms with Gasteiger partial charge >= 0.3 is 0 Å². The molecule has 1 heteroatoms. The lowest BCUT2D eigenvalue weighted by atomic mass is 9.93. The smallest absolute Gasteiger partial charge is 0.124 e. The summed E-state index contributed by atoms with van der Waals surface area (Å²) >= 11 is 0. The standard InChI is InChI=1S/C17H19F/c1-11(2)17-6-5-14(9-13(17)4)15-7-12(3)8-16(18)10-15/h5-11H,1-4H3. The van der Waals surface area contributed by atoms with E-state index in [1.54, 1.807) is 12.1 Å². The number of rotatable bonds is 2. The highest BCUT2D eigenvalue weighted by atomic mass is 19.1. The lowest BCUT2D eigenvalue weighted by Gasteiger charge is -2.12. The maximum Gasteiger partial charge on any atom is 0.124 e. The summed E-state index contributed by atoms with van der Waals surface area (Å²) in [6.45, 7) is 8.41. The minimum Gasteiger partial charge on any atom is -0.207 e. The van der Waals surface area contributed by atoms with Crippen molar-refractivity contribution in [3.63, 3.8) is 0 Å². The van der Waals surface area contributed by atoms with Gasteiger partial charge in [0.1, 0.15) is 5.82 Å². The van der Waals surface area contributed by atoms with Crippen LogP contribution in [0.1, 0.15) is 36.5 Å². The molecule has 0 aliphatic carbocycles. The van der Waals surface area contributed by atoms with Gasteiger partial charge in [0.05, 0.1) is 0 Å². The van der Waals surface area contributed by atoms with Crippen molar-refractivity contribution >= 4 is 0 Å². The molecule has 0 heterocycles. The van der Waals surface area contributed by atoms with E-state index in [2.05, 4.69) is 39.0 Å². The van der Waals surface area contributed by atoms with Gasteiger partial charge in [0, 0.05) is 0 Å². The van der Waals surface area contributed by atoms with Crippen molar-refractivity contribution in [3.05, 3.63) is 58.9 Å². The molecule has 0 saturated heterocycles. The van der Waals surface area contributed by atoms with Crippen LogP contribution in [-0.2, 0) is 0 Å². The van der Waals surface area contributed by atoms with Gasteiger partial charge in [-0.2, -0.15) is 0 Å². The summed E-state index contributed by atoms with van der Waals surface area (Å²) in [5, 5.41) is 0. The third-order valence-corrected chi connectivity index (χ3v) is 3.27. The molecule has 2 aromatic carbocycles. The first-order valence-electron chi connectivity index (χ1n) is 6.35. The fourth-order valence-corrected chi connectivity index (χ4v) is 2.41. The molecule has 0 saturated carbocycles. The second-order valence-corrected chi connectivity index (χ2v) is 5.24. The Hall–Kier alpha value is -1.63. The van der Waals surface area contributed by atoms with Crippen LogP contribution in [0, 0.1) is 19.7 Å². The summed E-state index contributed by atoms with van der Waals surface area (Å²) in [7, 11) is 0. The van der Waals surface area contributed by atoms with Crippen LogP contribution < -0.4 is 0 Å². The Balaban J connectivity index is 2.48. The highest BCUT2D eigenvalue weighted by Gasteiger charge is 2.06. The Morgan fingerprint density at radius 3 is 2.17 bits per heavy atom. The second-order valence-electron chi connectivity index (χ2n) is 5.24. The molecule has 0 aliphatic rings. The van der Waals surface area contributed by atoms with E-state index >= 15 is 0 Å². The lowest BCUT2D eigenvalue weighted by Crippen LogP contribution is -1.92. The quantitative estimate of drug-likeness (QED) is 0.676. The molecule has 0 amide bonds. The van der Waals surface area contributed by atoms with E-state index in [1.807, 2.05) is 13.0 Å². The first kappa shape index (κ1) is 12.8. The van der Waals surface area contributed by atoms with Crippen molar-refractivity contribution < 1.29 is 4.39 Å². The molecule has 0 unspecified atom stereocenters. The molecule has 0 spiro atoms. The third-order valence-electron chi connectivity index (χ3n) is 3.27. The predicted molar refractivity (Wildman–Crippen MR) is 75.4 cm³/mol. The van der Waals surface area contributed by atoms with Crippen LogP contribution in [0.25, 0.3) is 11.1 Å². The number of hydrogen-bond donors (Lipinski definition) is 0. The summed E-state index contributed by atoms with van der Waals surface area (Å²) in [4.78, 5) is 0. The van der Waals surface area contributed by atoms with Crippen molar-refractivity contribution in [2.45, 2.75) is 33.6 Å². The topological polar surface area (TPSA) is 0 Å². The minimum absolute atomic E-state index is 0.171. The van der Waals surface area contributed by atoms with Crippen molar-refractivity contribution in [2.24, 2.45) is 0 Å². The molecule has 0 bridgehead atoms. The molecule has 2 rings (SSSR count). The highest BCUT2D eigenvalue weighted by molar-refractivity contribution is 5.65. The predicted octanol–water partition coefficient (Wildman–Crippen LogP) is 5.23. The largest absolute Gasteiger partial charge is 0.207 e. The molecule has 0 N–H and O–H groups in total. The molecule has 94 valence electrons. The van der Waals surface area contributed by atoms with Gasteiger partial charge in [-0.1, -0.05) is 38.1 Å². The monoisotopic (exact) mass is 242 g/mol. The minimum atomic E-state index is -0.171. The summed E-state index contributed by atoms with van der Waals surface area (Å²) in [5.41, 5.74) is 5.61. The van der Waals surface area contributed by atoms with E-state index in [4.69, 9.17) is 0 Å². The molecular formula is C17H19F. The summed E-state index contributed by atoms with van der Waals surface area (Å²) in [6, 6.07) is 11.5. The average molecular weight is 242 g/mol. The van der Waals surface area contributed by atoms with Crippen molar-refractivity contribution in [1.82, 2.24) is 0 Å². The van der Waals surface area contributed by atoms with E-state index in [0.717, 1.165) is 16.7 Å². The van der Waals surface area contributed by atoms with Crippen molar-refractivity contribution in [1.29, 1.82) is 0 Å². The summed E-state index contributed by atoms with van der Waals surface area (Å²) in [5.74, 6) is 0.351. The summed E-state index contributed by atoms with van der Waals surface area (Å²) in [6.07, 6.45) is 0. The van der Waals surface area contributed by atoms with Crippen LogP contribution >= 0.6 is 0 Å². The van der Waals surface area contributed by atoms with Gasteiger partial charge in [-0.3, -0.25) is 0 Å². The molecule has 0 aromatic heterocycles. The van der Waals surface area contributed by atoms with Gasteiger partial charge in [-0.25, -0.2) is 4.39 Å². The van der Waals surface area contributed by atoms with Gasteiger partial charge < -0.3 is 0 Å². The average Bonchev–Trinajstić information content (AvgIpc) is 2.26. The maximum absolute atomic E-state index is 13.4. The number of halogens is 1. The second kappa shape index (κ2) is 4.93. The van der Waals surface area contributed by atoms with Crippen LogP contribution in [0.3, 0.4) is 0 Å². The molecule has 0 fully saturated rings. The zero-order chi connectivity index (χ0) is 13.3. The Kier molecular flexibility index (Phi) is 3.51. The lowest BCUT2D eigenvalue weighted by molar-refractivity contribution is 0.627. The number of hydrogen-bond acceptors (Lipinski definition) is 0. The van der Waals surface area contributed by atoms with Crippen molar-refractivity contribution in [3.8, 4) is 11.1 Å². The van der Waals surface area contributed by atoms with Gasteiger partial charge in [-0.15, -0.1) is 0 Å². The molecule has 0 aliphatic heterocycles. The van der Waals surface area contributed by atoms with E-state index in [-0.39, 0.29) is 5.82 Å². The van der Waals surface area contributed by atoms with Crippen LogP contribution in [0.4, 0.5) is 4.39 Å². The zero-order valence-electron chi connectivity index (χ0n) is 11.4. The fourth-order valence-electron chi connectivity index (χ4n) is 2.41. The van der Waals surface area contributed by atoms with E-state index in [0.29, 0.717) is 5.92 Å². The van der Waals surface area contributed by atoms with Crippen LogP contribution in [-0.4, -0.2) is 0 Å². The van der Waals surface area contributed by atoms with Gasteiger partial charge in [0.25, 0.3) is 0 Å². The Labute approximate surface area is 108 Å². The van der Waals surface area contributed by atoms with Gasteiger partial charge in [0.2, 0.25) is 0 Å². The van der Waals surface area contributed by atoms with E-state index in [1.165, 1.54) is 11.1 Å². The Morgan fingerprint density at radius 2 is 1.61 bits per heavy atom. The Bertz CT molecular complexity index is 548. The normalized spacial score (nSPS) is 11.0. The van der Waals surface area contributed by atoms with E-state index in [9.17, 15) is 4.39 Å².